The fourth-order valence-corrected chi connectivity index (χ4v) is 3.60. The van der Waals surface area contributed by atoms with Gasteiger partial charge in [-0.2, -0.15) is 0 Å². The van der Waals surface area contributed by atoms with Crippen LogP contribution in [-0.4, -0.2) is 38.9 Å². The first kappa shape index (κ1) is 16.8. The van der Waals surface area contributed by atoms with E-state index in [9.17, 15) is 13.5 Å². The Hall–Kier alpha value is -0.530. The van der Waals surface area contributed by atoms with Gasteiger partial charge in [-0.15, -0.1) is 0 Å². The Morgan fingerprint density at radius 1 is 1.43 bits per heavy atom. The van der Waals surface area contributed by atoms with Gasteiger partial charge in [0.15, 0.2) is 0 Å². The molecule has 0 radical (unpaired) electrons. The number of rotatable bonds is 4. The highest BCUT2D eigenvalue weighted by atomic mass is 35.5. The second kappa shape index (κ2) is 6.71. The van der Waals surface area contributed by atoms with Gasteiger partial charge >= 0.3 is 0 Å². The first-order chi connectivity index (χ1) is 9.78. The fraction of sp³-hybridized carbons (Fsp3) is 0.538. The molecule has 118 valence electrons. The van der Waals surface area contributed by atoms with Crippen LogP contribution in [0.1, 0.15) is 24.3 Å². The van der Waals surface area contributed by atoms with Crippen LogP contribution in [0.4, 0.5) is 0 Å². The third kappa shape index (κ3) is 4.47. The third-order valence-electron chi connectivity index (χ3n) is 3.60. The molecule has 1 fully saturated rings. The van der Waals surface area contributed by atoms with Crippen molar-refractivity contribution >= 4 is 33.2 Å². The van der Waals surface area contributed by atoms with Crippen LogP contribution < -0.4 is 10.0 Å². The molecule has 1 aliphatic rings. The van der Waals surface area contributed by atoms with E-state index in [1.807, 2.05) is 0 Å². The maximum Gasteiger partial charge on any atom is 0.208 e. The fourth-order valence-electron chi connectivity index (χ4n) is 2.62. The average molecular weight is 353 g/mol. The highest BCUT2D eigenvalue weighted by molar-refractivity contribution is 7.88. The molecule has 2 rings (SSSR count). The molecular formula is C13H18Cl2N2O3S. The predicted octanol–water partition coefficient (Wildman–Crippen LogP) is 2.08. The number of nitrogens with one attached hydrogen (secondary N) is 2. The van der Waals surface area contributed by atoms with Gasteiger partial charge in [-0.05, 0) is 37.4 Å². The van der Waals surface area contributed by atoms with Crippen LogP contribution in [-0.2, 0) is 10.0 Å². The first-order valence-corrected chi connectivity index (χ1v) is 9.27. The molecule has 2 atom stereocenters. The minimum Gasteiger partial charge on any atom is -0.508 e. The van der Waals surface area contributed by atoms with Crippen LogP contribution in [0, 0.1) is 0 Å². The lowest BCUT2D eigenvalue weighted by molar-refractivity contribution is 0.352. The van der Waals surface area contributed by atoms with Crippen LogP contribution in [0.5, 0.6) is 5.75 Å². The molecule has 0 bridgehead atoms. The van der Waals surface area contributed by atoms with E-state index >= 15 is 0 Å². The van der Waals surface area contributed by atoms with Gasteiger partial charge in [-0.1, -0.05) is 23.2 Å². The summed E-state index contributed by atoms with van der Waals surface area (Å²) in [4.78, 5) is 0. The summed E-state index contributed by atoms with van der Waals surface area (Å²) in [7, 11) is -3.22. The van der Waals surface area contributed by atoms with E-state index in [2.05, 4.69) is 10.0 Å². The van der Waals surface area contributed by atoms with Crippen molar-refractivity contribution < 1.29 is 13.5 Å². The molecule has 2 unspecified atom stereocenters. The number of hydrogen-bond acceptors (Lipinski definition) is 4. The third-order valence-corrected chi connectivity index (χ3v) is 5.11. The topological polar surface area (TPSA) is 78.4 Å². The van der Waals surface area contributed by atoms with Crippen molar-refractivity contribution in [1.82, 2.24) is 10.0 Å². The molecule has 0 saturated carbocycles. The Morgan fingerprint density at radius 2 is 2.14 bits per heavy atom. The molecule has 5 nitrogen and oxygen atoms in total. The normalized spacial score (nSPS) is 23.2. The van der Waals surface area contributed by atoms with Crippen molar-refractivity contribution in [3.63, 3.8) is 0 Å². The van der Waals surface area contributed by atoms with E-state index in [0.717, 1.165) is 19.2 Å². The summed E-state index contributed by atoms with van der Waals surface area (Å²) < 4.78 is 24.8. The monoisotopic (exact) mass is 352 g/mol. The molecule has 1 aromatic carbocycles. The van der Waals surface area contributed by atoms with Crippen molar-refractivity contribution in [2.45, 2.75) is 24.8 Å². The lowest BCUT2D eigenvalue weighted by Crippen LogP contribution is -2.45. The maximum absolute atomic E-state index is 11.2. The molecule has 21 heavy (non-hydrogen) atoms. The summed E-state index contributed by atoms with van der Waals surface area (Å²) in [6.45, 7) is 1.04. The quantitative estimate of drug-likeness (QED) is 0.775. The zero-order chi connectivity index (χ0) is 15.6. The molecule has 0 aliphatic carbocycles. The van der Waals surface area contributed by atoms with E-state index in [1.54, 1.807) is 6.07 Å². The van der Waals surface area contributed by atoms with Gasteiger partial charge in [0.2, 0.25) is 10.0 Å². The second-order valence-electron chi connectivity index (χ2n) is 5.29. The maximum atomic E-state index is 11.2. The minimum absolute atomic E-state index is 0.00655. The van der Waals surface area contributed by atoms with Crippen molar-refractivity contribution in [3.05, 3.63) is 27.7 Å². The van der Waals surface area contributed by atoms with Gasteiger partial charge in [-0.25, -0.2) is 13.1 Å². The minimum atomic E-state index is -3.22. The Kier molecular flexibility index (Phi) is 5.38. The zero-order valence-electron chi connectivity index (χ0n) is 11.6. The number of hydrogen-bond donors (Lipinski definition) is 3. The summed E-state index contributed by atoms with van der Waals surface area (Å²) in [5.41, 5.74) is 0.648. The van der Waals surface area contributed by atoms with Crippen LogP contribution in [0.25, 0.3) is 0 Å². The molecule has 1 aliphatic heterocycles. The van der Waals surface area contributed by atoms with Crippen molar-refractivity contribution in [3.8, 4) is 5.75 Å². The van der Waals surface area contributed by atoms with Gasteiger partial charge in [-0.3, -0.25) is 0 Å². The van der Waals surface area contributed by atoms with E-state index in [-0.39, 0.29) is 17.7 Å². The smallest absolute Gasteiger partial charge is 0.208 e. The van der Waals surface area contributed by atoms with E-state index in [0.29, 0.717) is 28.6 Å². The van der Waals surface area contributed by atoms with Gasteiger partial charge in [0.1, 0.15) is 5.75 Å². The van der Waals surface area contributed by atoms with Crippen LogP contribution in [0.3, 0.4) is 0 Å². The van der Waals surface area contributed by atoms with Crippen LogP contribution >= 0.6 is 23.2 Å². The van der Waals surface area contributed by atoms with Gasteiger partial charge in [0, 0.05) is 18.2 Å². The van der Waals surface area contributed by atoms with Crippen molar-refractivity contribution in [2.24, 2.45) is 0 Å². The molecule has 3 N–H and O–H groups in total. The molecule has 0 aromatic heterocycles. The lowest BCUT2D eigenvalue weighted by atomic mass is 9.86. The van der Waals surface area contributed by atoms with E-state index in [1.165, 1.54) is 6.07 Å². The number of piperidine rings is 1. The number of sulfonamides is 1. The Balaban J connectivity index is 2.13. The number of phenols is 1. The SMILES string of the molecule is CS(=O)(=O)NCC1CC(c2c(O)ccc(Cl)c2Cl)CCN1. The second-order valence-corrected chi connectivity index (χ2v) is 7.91. The standard InChI is InChI=1S/C13H18Cl2N2O3S/c1-21(19,20)17-7-9-6-8(4-5-16-9)12-11(18)3-2-10(14)13(12)15/h2-3,8-9,16-18H,4-7H2,1H3. The average Bonchev–Trinajstić information content (AvgIpc) is 2.41. The molecule has 1 saturated heterocycles. The number of halogens is 2. The molecule has 1 heterocycles. The Bertz CT molecular complexity index is 622. The summed E-state index contributed by atoms with van der Waals surface area (Å²) >= 11 is 12.2. The Labute approximate surface area is 134 Å². The summed E-state index contributed by atoms with van der Waals surface area (Å²) in [6, 6.07) is 3.09. The van der Waals surface area contributed by atoms with Gasteiger partial charge in [0.25, 0.3) is 0 Å². The molecule has 1 aromatic rings. The van der Waals surface area contributed by atoms with Gasteiger partial charge < -0.3 is 10.4 Å². The summed E-state index contributed by atoms with van der Waals surface area (Å²) in [5.74, 6) is 0.176. The molecular weight excluding hydrogens is 335 g/mol. The predicted molar refractivity (Wildman–Crippen MR) is 84.7 cm³/mol. The zero-order valence-corrected chi connectivity index (χ0v) is 13.9. The van der Waals surface area contributed by atoms with Crippen molar-refractivity contribution in [1.29, 1.82) is 0 Å². The Morgan fingerprint density at radius 3 is 2.81 bits per heavy atom. The summed E-state index contributed by atoms with van der Waals surface area (Å²) in [5, 5.41) is 14.1. The van der Waals surface area contributed by atoms with Crippen molar-refractivity contribution in [2.75, 3.05) is 19.3 Å². The molecule has 8 heteroatoms. The number of aromatic hydroxyl groups is 1. The first-order valence-electron chi connectivity index (χ1n) is 6.63. The largest absolute Gasteiger partial charge is 0.508 e. The molecule has 0 spiro atoms. The number of benzene rings is 1. The van der Waals surface area contributed by atoms with Crippen LogP contribution in [0.2, 0.25) is 10.0 Å². The van der Waals surface area contributed by atoms with E-state index < -0.39 is 10.0 Å². The molecule has 0 amide bonds. The number of phenolic OH excluding ortho intramolecular Hbond substituents is 1. The van der Waals surface area contributed by atoms with Crippen LogP contribution in [0.15, 0.2) is 12.1 Å². The van der Waals surface area contributed by atoms with E-state index in [4.69, 9.17) is 23.2 Å². The lowest BCUT2D eigenvalue weighted by Gasteiger charge is -2.31. The highest BCUT2D eigenvalue weighted by Gasteiger charge is 2.27. The highest BCUT2D eigenvalue weighted by Crippen LogP contribution is 2.41. The summed E-state index contributed by atoms with van der Waals surface area (Å²) in [6.07, 6.45) is 2.62. The van der Waals surface area contributed by atoms with Gasteiger partial charge in [0.05, 0.1) is 16.3 Å².